The molecule has 0 atom stereocenters. The molecule has 0 fully saturated rings. The Kier molecular flexibility index (Phi) is 6.55. The van der Waals surface area contributed by atoms with Crippen LogP contribution in [0.4, 0.5) is 18.0 Å². The first-order valence-corrected chi connectivity index (χ1v) is 4.72. The highest BCUT2D eigenvalue weighted by Gasteiger charge is 2.26. The average molecular weight is 240 g/mol. The van der Waals surface area contributed by atoms with Crippen molar-refractivity contribution in [3.8, 4) is 0 Å². The van der Waals surface area contributed by atoms with E-state index in [1.807, 2.05) is 0 Å². The minimum atomic E-state index is -4.28. The van der Waals surface area contributed by atoms with Crippen molar-refractivity contribution in [2.24, 2.45) is 0 Å². The molecule has 0 unspecified atom stereocenters. The summed E-state index contributed by atoms with van der Waals surface area (Å²) in [5.41, 5.74) is 0. The zero-order valence-electron chi connectivity index (χ0n) is 8.76. The molecule has 0 radical (unpaired) electrons. The SMILES string of the molecule is C=CCN(CCO)C(=O)NCCC(F)(F)F. The quantitative estimate of drug-likeness (QED) is 0.684. The van der Waals surface area contributed by atoms with Gasteiger partial charge in [0.25, 0.3) is 0 Å². The lowest BCUT2D eigenvalue weighted by Crippen LogP contribution is -2.42. The predicted molar refractivity (Wildman–Crippen MR) is 52.9 cm³/mol. The Labute approximate surface area is 91.7 Å². The van der Waals surface area contributed by atoms with Crippen molar-refractivity contribution in [3.05, 3.63) is 12.7 Å². The second-order valence-corrected chi connectivity index (χ2v) is 3.06. The Hall–Kier alpha value is -1.24. The Morgan fingerprint density at radius 2 is 2.12 bits per heavy atom. The number of hydrogen-bond acceptors (Lipinski definition) is 2. The highest BCUT2D eigenvalue weighted by molar-refractivity contribution is 5.74. The molecule has 0 bridgehead atoms. The fourth-order valence-corrected chi connectivity index (χ4v) is 0.975. The van der Waals surface area contributed by atoms with Gasteiger partial charge in [0.2, 0.25) is 0 Å². The largest absolute Gasteiger partial charge is 0.395 e. The van der Waals surface area contributed by atoms with Crippen LogP contribution in [0, 0.1) is 0 Å². The summed E-state index contributed by atoms with van der Waals surface area (Å²) in [4.78, 5) is 12.5. The van der Waals surface area contributed by atoms with Gasteiger partial charge in [-0.2, -0.15) is 13.2 Å². The average Bonchev–Trinajstić information content (AvgIpc) is 2.15. The van der Waals surface area contributed by atoms with Crippen molar-refractivity contribution in [3.63, 3.8) is 0 Å². The number of hydrogen-bond donors (Lipinski definition) is 2. The zero-order valence-corrected chi connectivity index (χ0v) is 8.76. The molecule has 2 amide bonds. The van der Waals surface area contributed by atoms with Gasteiger partial charge in [0, 0.05) is 19.6 Å². The second-order valence-electron chi connectivity index (χ2n) is 3.06. The number of aliphatic hydroxyl groups excluding tert-OH is 1. The van der Waals surface area contributed by atoms with E-state index < -0.39 is 25.2 Å². The summed E-state index contributed by atoms with van der Waals surface area (Å²) >= 11 is 0. The molecule has 0 aliphatic carbocycles. The Bertz CT molecular complexity index is 231. The van der Waals surface area contributed by atoms with E-state index in [4.69, 9.17) is 5.11 Å². The van der Waals surface area contributed by atoms with Gasteiger partial charge in [0.1, 0.15) is 0 Å². The van der Waals surface area contributed by atoms with E-state index in [1.54, 1.807) is 0 Å². The fraction of sp³-hybridized carbons (Fsp3) is 0.667. The third-order valence-electron chi connectivity index (χ3n) is 1.69. The molecule has 0 rings (SSSR count). The molecular weight excluding hydrogens is 225 g/mol. The summed E-state index contributed by atoms with van der Waals surface area (Å²) in [6.07, 6.45) is -3.92. The molecular formula is C9H15F3N2O2. The first-order chi connectivity index (χ1) is 7.40. The summed E-state index contributed by atoms with van der Waals surface area (Å²) in [5.74, 6) is 0. The van der Waals surface area contributed by atoms with E-state index in [0.29, 0.717) is 0 Å². The number of urea groups is 1. The van der Waals surface area contributed by atoms with Crippen LogP contribution >= 0.6 is 0 Å². The van der Waals surface area contributed by atoms with Crippen molar-refractivity contribution >= 4 is 6.03 Å². The molecule has 7 heteroatoms. The van der Waals surface area contributed by atoms with Gasteiger partial charge in [-0.1, -0.05) is 6.08 Å². The molecule has 0 aromatic carbocycles. The van der Waals surface area contributed by atoms with E-state index in [-0.39, 0.29) is 19.7 Å². The third kappa shape index (κ3) is 7.10. The molecule has 0 aromatic heterocycles. The van der Waals surface area contributed by atoms with E-state index in [2.05, 4.69) is 11.9 Å². The monoisotopic (exact) mass is 240 g/mol. The Morgan fingerprint density at radius 1 is 1.50 bits per heavy atom. The van der Waals surface area contributed by atoms with Gasteiger partial charge in [0.15, 0.2) is 0 Å². The summed E-state index contributed by atoms with van der Waals surface area (Å²) in [6, 6.07) is -0.641. The van der Waals surface area contributed by atoms with Crippen molar-refractivity contribution < 1.29 is 23.1 Å². The molecule has 0 saturated carbocycles. The number of nitrogens with zero attached hydrogens (tertiary/aromatic N) is 1. The van der Waals surface area contributed by atoms with Crippen LogP contribution in [0.1, 0.15) is 6.42 Å². The standard InChI is InChI=1S/C9H15F3N2O2/c1-2-5-14(6-7-15)8(16)13-4-3-9(10,11)12/h2,15H,1,3-7H2,(H,13,16). The summed E-state index contributed by atoms with van der Waals surface area (Å²) in [6.45, 7) is 2.92. The first-order valence-electron chi connectivity index (χ1n) is 4.72. The van der Waals surface area contributed by atoms with Crippen LogP contribution < -0.4 is 5.32 Å². The van der Waals surface area contributed by atoms with Gasteiger partial charge in [-0.15, -0.1) is 6.58 Å². The molecule has 0 spiro atoms. The number of carbonyl (C=O) groups is 1. The molecule has 0 saturated heterocycles. The fourth-order valence-electron chi connectivity index (χ4n) is 0.975. The number of rotatable bonds is 6. The van der Waals surface area contributed by atoms with Crippen LogP contribution in [-0.4, -0.2) is 48.5 Å². The minimum absolute atomic E-state index is 0.0594. The van der Waals surface area contributed by atoms with E-state index in [1.165, 1.54) is 11.0 Å². The van der Waals surface area contributed by atoms with Gasteiger partial charge in [-0.25, -0.2) is 4.79 Å². The van der Waals surface area contributed by atoms with Gasteiger partial charge in [-0.3, -0.25) is 0 Å². The van der Waals surface area contributed by atoms with Crippen LogP contribution in [0.5, 0.6) is 0 Å². The smallest absolute Gasteiger partial charge is 0.390 e. The Balaban J connectivity index is 3.96. The molecule has 2 N–H and O–H groups in total. The van der Waals surface area contributed by atoms with Crippen LogP contribution in [0.3, 0.4) is 0 Å². The molecule has 0 heterocycles. The summed E-state index contributed by atoms with van der Waals surface area (Å²) in [5, 5.41) is 10.7. The second kappa shape index (κ2) is 7.10. The third-order valence-corrected chi connectivity index (χ3v) is 1.69. The topological polar surface area (TPSA) is 52.6 Å². The first kappa shape index (κ1) is 14.8. The number of halogens is 3. The molecule has 0 aliphatic heterocycles. The van der Waals surface area contributed by atoms with Gasteiger partial charge < -0.3 is 15.3 Å². The Morgan fingerprint density at radius 3 is 2.56 bits per heavy atom. The lowest BCUT2D eigenvalue weighted by Gasteiger charge is -2.20. The maximum Gasteiger partial charge on any atom is 0.390 e. The normalized spacial score (nSPS) is 11.0. The maximum atomic E-state index is 11.8. The number of nitrogens with one attached hydrogen (secondary N) is 1. The number of aliphatic hydroxyl groups is 1. The van der Waals surface area contributed by atoms with Crippen LogP contribution in [-0.2, 0) is 0 Å². The number of carbonyl (C=O) groups excluding carboxylic acids is 1. The van der Waals surface area contributed by atoms with E-state index >= 15 is 0 Å². The maximum absolute atomic E-state index is 11.8. The van der Waals surface area contributed by atoms with Crippen molar-refractivity contribution in [1.29, 1.82) is 0 Å². The van der Waals surface area contributed by atoms with Crippen LogP contribution in [0.2, 0.25) is 0 Å². The number of alkyl halides is 3. The van der Waals surface area contributed by atoms with Crippen LogP contribution in [0.15, 0.2) is 12.7 Å². The number of amides is 2. The highest BCUT2D eigenvalue weighted by Crippen LogP contribution is 2.18. The summed E-state index contributed by atoms with van der Waals surface area (Å²) in [7, 11) is 0. The predicted octanol–water partition coefficient (Wildman–Crippen LogP) is 1.13. The van der Waals surface area contributed by atoms with Crippen molar-refractivity contribution in [2.75, 3.05) is 26.2 Å². The molecule has 0 aliphatic rings. The molecule has 16 heavy (non-hydrogen) atoms. The van der Waals surface area contributed by atoms with E-state index in [9.17, 15) is 18.0 Å². The zero-order chi connectivity index (χ0) is 12.6. The molecule has 0 aromatic rings. The summed E-state index contributed by atoms with van der Waals surface area (Å²) < 4.78 is 35.3. The minimum Gasteiger partial charge on any atom is -0.395 e. The molecule has 94 valence electrons. The van der Waals surface area contributed by atoms with Gasteiger partial charge >= 0.3 is 12.2 Å². The van der Waals surface area contributed by atoms with E-state index in [0.717, 1.165) is 0 Å². The van der Waals surface area contributed by atoms with Gasteiger partial charge in [0.05, 0.1) is 13.0 Å². The van der Waals surface area contributed by atoms with Crippen LogP contribution in [0.25, 0.3) is 0 Å². The lowest BCUT2D eigenvalue weighted by atomic mass is 10.4. The lowest BCUT2D eigenvalue weighted by molar-refractivity contribution is -0.133. The van der Waals surface area contributed by atoms with Crippen molar-refractivity contribution in [1.82, 2.24) is 10.2 Å². The van der Waals surface area contributed by atoms with Gasteiger partial charge in [-0.05, 0) is 0 Å². The molecule has 4 nitrogen and oxygen atoms in total. The van der Waals surface area contributed by atoms with Crippen molar-refractivity contribution in [2.45, 2.75) is 12.6 Å². The highest BCUT2D eigenvalue weighted by atomic mass is 19.4.